The Morgan fingerprint density at radius 3 is 1.85 bits per heavy atom. The fourth-order valence-corrected chi connectivity index (χ4v) is 3.26. The van der Waals surface area contributed by atoms with E-state index in [1.54, 1.807) is 6.92 Å². The first kappa shape index (κ1) is 14.1. The topological polar surface area (TPSA) is 51.2 Å². The van der Waals surface area contributed by atoms with E-state index in [-0.39, 0.29) is 0 Å². The molecule has 5 heteroatoms. The number of hydrogen-bond donors (Lipinski definition) is 2. The molecule has 0 saturated carbocycles. The van der Waals surface area contributed by atoms with Crippen LogP contribution in [0, 0.1) is 0 Å². The molecule has 0 aliphatic heterocycles. The monoisotopic (exact) mass is 396 g/mol. The minimum Gasteiger partial charge on any atom is -0.390 e. The highest BCUT2D eigenvalue weighted by molar-refractivity contribution is 9.10. The first-order chi connectivity index (χ1) is 9.49. The number of benzene rings is 2. The number of nitrogens with two attached hydrogens (primary N) is 1. The summed E-state index contributed by atoms with van der Waals surface area (Å²) in [6.07, 6.45) is -1.10. The fourth-order valence-electron chi connectivity index (χ4n) is 2.53. The normalized spacial score (nSPS) is 14.8. The Hall–Kier alpha value is -0.880. The fraction of sp³-hybridized carbons (Fsp3) is 0.200. The zero-order valence-corrected chi connectivity index (χ0v) is 14.0. The highest BCUT2D eigenvalue weighted by Gasteiger charge is 2.19. The third-order valence-electron chi connectivity index (χ3n) is 3.52. The molecular weight excluding hydrogens is 384 g/mol. The summed E-state index contributed by atoms with van der Waals surface area (Å²) in [5.41, 5.74) is 8.23. The van der Waals surface area contributed by atoms with Gasteiger partial charge in [0.15, 0.2) is 0 Å². The van der Waals surface area contributed by atoms with Crippen molar-refractivity contribution in [1.82, 2.24) is 4.57 Å². The van der Waals surface area contributed by atoms with E-state index < -0.39 is 12.3 Å². The van der Waals surface area contributed by atoms with Crippen LogP contribution in [0.1, 0.15) is 13.1 Å². The van der Waals surface area contributed by atoms with Gasteiger partial charge in [-0.05, 0) is 43.3 Å². The number of halogens is 2. The number of aliphatic hydroxyl groups excluding tert-OH is 1. The van der Waals surface area contributed by atoms with Crippen molar-refractivity contribution in [2.45, 2.75) is 19.2 Å². The lowest BCUT2D eigenvalue weighted by Gasteiger charge is -2.19. The molecule has 3 N–H and O–H groups in total. The van der Waals surface area contributed by atoms with Gasteiger partial charge in [0.1, 0.15) is 6.17 Å². The molecule has 2 atom stereocenters. The lowest BCUT2D eigenvalue weighted by atomic mass is 10.2. The van der Waals surface area contributed by atoms with Crippen molar-refractivity contribution in [1.29, 1.82) is 0 Å². The molecule has 3 rings (SSSR count). The average molecular weight is 398 g/mol. The minimum atomic E-state index is -0.624. The van der Waals surface area contributed by atoms with Crippen LogP contribution in [0.5, 0.6) is 0 Å². The van der Waals surface area contributed by atoms with Crippen molar-refractivity contribution in [2.24, 2.45) is 5.73 Å². The maximum atomic E-state index is 9.86. The number of fused-ring (bicyclic) bond motifs is 3. The lowest BCUT2D eigenvalue weighted by molar-refractivity contribution is 0.137. The van der Waals surface area contributed by atoms with Gasteiger partial charge in [-0.1, -0.05) is 31.9 Å². The second-order valence-corrected chi connectivity index (χ2v) is 6.76. The molecule has 0 fully saturated rings. The van der Waals surface area contributed by atoms with E-state index in [2.05, 4.69) is 44.0 Å². The second-order valence-electron chi connectivity index (χ2n) is 4.92. The van der Waals surface area contributed by atoms with Crippen LogP contribution >= 0.6 is 31.9 Å². The molecule has 2 aromatic carbocycles. The van der Waals surface area contributed by atoms with E-state index in [0.29, 0.717) is 0 Å². The van der Waals surface area contributed by atoms with E-state index in [1.807, 2.05) is 28.8 Å². The summed E-state index contributed by atoms with van der Waals surface area (Å²) in [5.74, 6) is 0. The Bertz CT molecular complexity index is 736. The Morgan fingerprint density at radius 1 is 1.00 bits per heavy atom. The molecule has 0 amide bonds. The minimum absolute atomic E-state index is 0.475. The van der Waals surface area contributed by atoms with Gasteiger partial charge in [0, 0.05) is 19.7 Å². The number of hydrogen-bond acceptors (Lipinski definition) is 2. The first-order valence-corrected chi connectivity index (χ1v) is 7.90. The van der Waals surface area contributed by atoms with Gasteiger partial charge in [-0.2, -0.15) is 0 Å². The van der Waals surface area contributed by atoms with Gasteiger partial charge in [0.05, 0.1) is 17.1 Å². The molecular formula is C15H14Br2N2O. The number of aliphatic hydroxyl groups is 1. The molecule has 104 valence electrons. The Kier molecular flexibility index (Phi) is 3.62. The molecule has 3 aromatic rings. The maximum absolute atomic E-state index is 9.86. The van der Waals surface area contributed by atoms with E-state index >= 15 is 0 Å². The predicted molar refractivity (Wildman–Crippen MR) is 89.7 cm³/mol. The third kappa shape index (κ3) is 2.19. The Labute approximate surface area is 133 Å². The first-order valence-electron chi connectivity index (χ1n) is 6.31. The molecule has 0 aliphatic rings. The molecule has 3 nitrogen and oxygen atoms in total. The molecule has 1 heterocycles. The van der Waals surface area contributed by atoms with Crippen molar-refractivity contribution in [3.05, 3.63) is 45.3 Å². The van der Waals surface area contributed by atoms with Crippen LogP contribution in [0.25, 0.3) is 21.8 Å². The summed E-state index contributed by atoms with van der Waals surface area (Å²) in [4.78, 5) is 0. The highest BCUT2D eigenvalue weighted by atomic mass is 79.9. The third-order valence-corrected chi connectivity index (χ3v) is 4.51. The summed E-state index contributed by atoms with van der Waals surface area (Å²) < 4.78 is 4.04. The Balaban J connectivity index is 2.47. The summed E-state index contributed by atoms with van der Waals surface area (Å²) in [6.45, 7) is 1.71. The number of nitrogens with zero attached hydrogens (tertiary/aromatic N) is 1. The summed E-state index contributed by atoms with van der Waals surface area (Å²) in [6, 6.07) is 12.2. The van der Waals surface area contributed by atoms with Crippen LogP contribution in [0.15, 0.2) is 45.3 Å². The SMILES string of the molecule is CC(O)C(N)n1c2ccc(Br)cc2c2cc(Br)ccc21. The summed E-state index contributed by atoms with van der Waals surface area (Å²) in [7, 11) is 0. The van der Waals surface area contributed by atoms with Gasteiger partial charge in [-0.25, -0.2) is 0 Å². The van der Waals surface area contributed by atoms with Crippen molar-refractivity contribution < 1.29 is 5.11 Å². The largest absolute Gasteiger partial charge is 0.390 e. The smallest absolute Gasteiger partial charge is 0.108 e. The van der Waals surface area contributed by atoms with E-state index in [1.165, 1.54) is 0 Å². The molecule has 0 bridgehead atoms. The molecule has 0 radical (unpaired) electrons. The van der Waals surface area contributed by atoms with Crippen LogP contribution in [0.4, 0.5) is 0 Å². The van der Waals surface area contributed by atoms with E-state index in [9.17, 15) is 5.11 Å². The Morgan fingerprint density at radius 2 is 1.45 bits per heavy atom. The van der Waals surface area contributed by atoms with Crippen molar-refractivity contribution >= 4 is 53.7 Å². The molecule has 2 unspecified atom stereocenters. The van der Waals surface area contributed by atoms with Gasteiger partial charge >= 0.3 is 0 Å². The summed E-state index contributed by atoms with van der Waals surface area (Å²) >= 11 is 7.02. The van der Waals surface area contributed by atoms with Crippen molar-refractivity contribution in [3.63, 3.8) is 0 Å². The van der Waals surface area contributed by atoms with Gasteiger partial charge in [0.2, 0.25) is 0 Å². The van der Waals surface area contributed by atoms with Crippen LogP contribution in [0.3, 0.4) is 0 Å². The summed E-state index contributed by atoms with van der Waals surface area (Å²) in [5, 5.41) is 12.1. The van der Waals surface area contributed by atoms with Crippen molar-refractivity contribution in [3.8, 4) is 0 Å². The van der Waals surface area contributed by atoms with Crippen LogP contribution < -0.4 is 5.73 Å². The molecule has 0 saturated heterocycles. The highest BCUT2D eigenvalue weighted by Crippen LogP contribution is 2.34. The standard InChI is InChI=1S/C15H14Br2N2O/c1-8(20)15(18)19-13-4-2-9(16)6-11(13)12-7-10(17)3-5-14(12)19/h2-8,15,20H,18H2,1H3. The predicted octanol–water partition coefficient (Wildman–Crippen LogP) is 4.16. The zero-order chi connectivity index (χ0) is 14.4. The van der Waals surface area contributed by atoms with Gasteiger partial charge < -0.3 is 15.4 Å². The van der Waals surface area contributed by atoms with E-state index in [0.717, 1.165) is 30.8 Å². The van der Waals surface area contributed by atoms with Gasteiger partial charge in [0.25, 0.3) is 0 Å². The second kappa shape index (κ2) is 5.15. The van der Waals surface area contributed by atoms with Crippen LogP contribution in [-0.4, -0.2) is 15.8 Å². The van der Waals surface area contributed by atoms with Crippen LogP contribution in [-0.2, 0) is 0 Å². The van der Waals surface area contributed by atoms with Gasteiger partial charge in [-0.15, -0.1) is 0 Å². The molecule has 20 heavy (non-hydrogen) atoms. The number of rotatable bonds is 2. The number of aromatic nitrogens is 1. The van der Waals surface area contributed by atoms with E-state index in [4.69, 9.17) is 5.73 Å². The quantitative estimate of drug-likeness (QED) is 0.682. The molecule has 0 aliphatic carbocycles. The average Bonchev–Trinajstić information content (AvgIpc) is 2.71. The zero-order valence-electron chi connectivity index (χ0n) is 10.8. The molecule has 0 spiro atoms. The van der Waals surface area contributed by atoms with Crippen LogP contribution in [0.2, 0.25) is 0 Å². The van der Waals surface area contributed by atoms with Crippen molar-refractivity contribution in [2.75, 3.05) is 0 Å². The maximum Gasteiger partial charge on any atom is 0.108 e. The lowest BCUT2D eigenvalue weighted by Crippen LogP contribution is -2.29. The molecule has 1 aromatic heterocycles. The van der Waals surface area contributed by atoms with Gasteiger partial charge in [-0.3, -0.25) is 0 Å².